The first-order chi connectivity index (χ1) is 15.6. The summed E-state index contributed by atoms with van der Waals surface area (Å²) >= 11 is 6.34. The van der Waals surface area contributed by atoms with Gasteiger partial charge in [0.15, 0.2) is 0 Å². The van der Waals surface area contributed by atoms with E-state index in [0.29, 0.717) is 16.7 Å². The average Bonchev–Trinajstić information content (AvgIpc) is 3.26. The molecule has 2 aliphatic rings. The third kappa shape index (κ3) is 2.99. The van der Waals surface area contributed by atoms with Gasteiger partial charge in [0.1, 0.15) is 30.0 Å². The predicted molar refractivity (Wildman–Crippen MR) is 121 cm³/mol. The number of rotatable bonds is 2. The number of aryl methyl sites for hydroxylation is 1. The zero-order valence-corrected chi connectivity index (χ0v) is 17.8. The van der Waals surface area contributed by atoms with Gasteiger partial charge in [0, 0.05) is 16.2 Å². The van der Waals surface area contributed by atoms with E-state index in [1.54, 1.807) is 12.1 Å². The third-order valence-electron chi connectivity index (χ3n) is 5.92. The van der Waals surface area contributed by atoms with Gasteiger partial charge < -0.3 is 10.1 Å². The number of anilines is 1. The Kier molecular flexibility index (Phi) is 4.30. The molecule has 0 saturated carbocycles. The van der Waals surface area contributed by atoms with E-state index in [1.165, 1.54) is 18.5 Å². The highest BCUT2D eigenvalue weighted by Gasteiger charge is 2.41. The molecule has 0 amide bonds. The van der Waals surface area contributed by atoms with E-state index >= 15 is 0 Å². The Morgan fingerprint density at radius 1 is 1.03 bits per heavy atom. The van der Waals surface area contributed by atoms with Gasteiger partial charge in [-0.1, -0.05) is 53.6 Å². The van der Waals surface area contributed by atoms with Crippen LogP contribution in [0.3, 0.4) is 0 Å². The number of ether oxygens (including phenoxy) is 1. The zero-order chi connectivity index (χ0) is 21.8. The SMILES string of the molecule is Cc1ccc([C@@H]2C3=C(Nc4ncnn42)c2cc(Cl)ccc2O[C@H]3c2cccc(F)c2)cc1. The van der Waals surface area contributed by atoms with Gasteiger partial charge in [-0.25, -0.2) is 9.07 Å². The van der Waals surface area contributed by atoms with Crippen LogP contribution in [0.5, 0.6) is 5.75 Å². The van der Waals surface area contributed by atoms with Crippen LogP contribution in [0, 0.1) is 12.7 Å². The molecule has 0 unspecified atom stereocenters. The molecule has 0 fully saturated rings. The second-order valence-electron chi connectivity index (χ2n) is 7.99. The van der Waals surface area contributed by atoms with Crippen molar-refractivity contribution in [3.8, 4) is 5.75 Å². The van der Waals surface area contributed by atoms with Gasteiger partial charge in [0.2, 0.25) is 5.95 Å². The Morgan fingerprint density at radius 3 is 2.69 bits per heavy atom. The summed E-state index contributed by atoms with van der Waals surface area (Å²) in [5.74, 6) is 0.984. The molecule has 6 rings (SSSR count). The van der Waals surface area contributed by atoms with E-state index in [1.807, 2.05) is 22.9 Å². The zero-order valence-electron chi connectivity index (χ0n) is 17.1. The van der Waals surface area contributed by atoms with Crippen molar-refractivity contribution in [3.63, 3.8) is 0 Å². The standard InChI is InChI=1S/C25H18ClFN4O/c1-14-5-7-15(8-6-14)23-21-22(30-25-28-13-29-31(23)25)19-12-17(26)9-10-20(19)32-24(21)16-3-2-4-18(27)11-16/h2-13,23-24H,1H3,(H,28,29,30)/t23-,24+/m1/s1. The maximum absolute atomic E-state index is 14.2. The van der Waals surface area contributed by atoms with E-state index in [-0.39, 0.29) is 11.9 Å². The lowest BCUT2D eigenvalue weighted by atomic mass is 9.84. The van der Waals surface area contributed by atoms with Crippen molar-refractivity contribution in [1.82, 2.24) is 14.8 Å². The fourth-order valence-corrected chi connectivity index (χ4v) is 4.63. The summed E-state index contributed by atoms with van der Waals surface area (Å²) < 4.78 is 22.5. The van der Waals surface area contributed by atoms with Crippen LogP contribution in [0.15, 0.2) is 78.6 Å². The fourth-order valence-electron chi connectivity index (χ4n) is 4.46. The minimum atomic E-state index is -0.523. The Bertz CT molecular complexity index is 1380. The highest BCUT2D eigenvalue weighted by Crippen LogP contribution is 2.51. The monoisotopic (exact) mass is 444 g/mol. The van der Waals surface area contributed by atoms with Crippen molar-refractivity contribution in [2.75, 3.05) is 5.32 Å². The first-order valence-corrected chi connectivity index (χ1v) is 10.7. The van der Waals surface area contributed by atoms with E-state index in [2.05, 4.69) is 46.6 Å². The number of fused-ring (bicyclic) bond motifs is 3. The summed E-state index contributed by atoms with van der Waals surface area (Å²) in [6, 6.07) is 20.0. The number of aromatic nitrogens is 3. The Morgan fingerprint density at radius 2 is 1.88 bits per heavy atom. The molecule has 0 saturated heterocycles. The molecule has 4 aromatic rings. The molecule has 5 nitrogen and oxygen atoms in total. The Balaban J connectivity index is 1.64. The van der Waals surface area contributed by atoms with Crippen LogP contribution in [0.1, 0.15) is 34.4 Å². The quantitative estimate of drug-likeness (QED) is 0.415. The summed E-state index contributed by atoms with van der Waals surface area (Å²) in [6.07, 6.45) is 1.00. The molecule has 1 N–H and O–H groups in total. The molecule has 158 valence electrons. The van der Waals surface area contributed by atoms with Crippen LogP contribution >= 0.6 is 11.6 Å². The lowest BCUT2D eigenvalue weighted by Crippen LogP contribution is -2.32. The molecule has 2 aliphatic heterocycles. The summed E-state index contributed by atoms with van der Waals surface area (Å²) in [4.78, 5) is 4.42. The number of halogens is 2. The van der Waals surface area contributed by atoms with Crippen molar-refractivity contribution in [3.05, 3.63) is 112 Å². The lowest BCUT2D eigenvalue weighted by molar-refractivity contribution is 0.222. The van der Waals surface area contributed by atoms with Crippen molar-refractivity contribution < 1.29 is 9.13 Å². The number of hydrogen-bond acceptors (Lipinski definition) is 4. The first kappa shape index (κ1) is 19.1. The molecule has 0 aliphatic carbocycles. The van der Waals surface area contributed by atoms with E-state index < -0.39 is 6.10 Å². The molecular formula is C25H18ClFN4O. The second-order valence-corrected chi connectivity index (χ2v) is 8.43. The highest BCUT2D eigenvalue weighted by atomic mass is 35.5. The van der Waals surface area contributed by atoms with Crippen molar-refractivity contribution in [2.24, 2.45) is 0 Å². The fraction of sp³-hybridized carbons (Fsp3) is 0.120. The largest absolute Gasteiger partial charge is 0.480 e. The molecule has 3 heterocycles. The van der Waals surface area contributed by atoms with E-state index in [9.17, 15) is 4.39 Å². The molecule has 0 bridgehead atoms. The van der Waals surface area contributed by atoms with Gasteiger partial charge in [-0.3, -0.25) is 0 Å². The Hall–Kier alpha value is -3.64. The summed E-state index contributed by atoms with van der Waals surface area (Å²) in [7, 11) is 0. The topological polar surface area (TPSA) is 52.0 Å². The van der Waals surface area contributed by atoms with Gasteiger partial charge in [0.25, 0.3) is 0 Å². The van der Waals surface area contributed by atoms with Gasteiger partial charge >= 0.3 is 0 Å². The van der Waals surface area contributed by atoms with Crippen LogP contribution in [0.4, 0.5) is 10.3 Å². The lowest BCUT2D eigenvalue weighted by Gasteiger charge is -2.39. The van der Waals surface area contributed by atoms with Crippen LogP contribution < -0.4 is 10.1 Å². The van der Waals surface area contributed by atoms with Gasteiger partial charge in [-0.2, -0.15) is 10.1 Å². The van der Waals surface area contributed by atoms with Crippen molar-refractivity contribution in [1.29, 1.82) is 0 Å². The molecule has 3 aromatic carbocycles. The summed E-state index contributed by atoms with van der Waals surface area (Å²) in [6.45, 7) is 2.05. The molecule has 2 atom stereocenters. The van der Waals surface area contributed by atoms with E-state index in [0.717, 1.165) is 33.5 Å². The number of nitrogens with one attached hydrogen (secondary N) is 1. The molecule has 32 heavy (non-hydrogen) atoms. The molecule has 1 aromatic heterocycles. The van der Waals surface area contributed by atoms with Crippen LogP contribution in [0.2, 0.25) is 5.02 Å². The van der Waals surface area contributed by atoms with Crippen LogP contribution in [-0.4, -0.2) is 14.8 Å². The summed E-state index contributed by atoms with van der Waals surface area (Å²) in [5, 5.41) is 8.53. The first-order valence-electron chi connectivity index (χ1n) is 10.3. The second kappa shape index (κ2) is 7.21. The minimum absolute atomic E-state index is 0.287. The maximum Gasteiger partial charge on any atom is 0.226 e. The summed E-state index contributed by atoms with van der Waals surface area (Å²) in [5.41, 5.74) is 5.54. The van der Waals surface area contributed by atoms with Crippen LogP contribution in [0.25, 0.3) is 5.70 Å². The molecule has 7 heteroatoms. The molecule has 0 radical (unpaired) electrons. The highest BCUT2D eigenvalue weighted by molar-refractivity contribution is 6.30. The molecular weight excluding hydrogens is 427 g/mol. The minimum Gasteiger partial charge on any atom is -0.480 e. The van der Waals surface area contributed by atoms with Gasteiger partial charge in [-0.05, 0) is 48.4 Å². The smallest absolute Gasteiger partial charge is 0.226 e. The Labute approximate surface area is 189 Å². The maximum atomic E-state index is 14.2. The third-order valence-corrected chi connectivity index (χ3v) is 6.16. The molecule has 0 spiro atoms. The number of benzene rings is 3. The number of hydrogen-bond donors (Lipinski definition) is 1. The average molecular weight is 445 g/mol. The number of nitrogens with zero attached hydrogens (tertiary/aromatic N) is 3. The van der Waals surface area contributed by atoms with Gasteiger partial charge in [-0.15, -0.1) is 0 Å². The van der Waals surface area contributed by atoms with Crippen LogP contribution in [-0.2, 0) is 0 Å². The van der Waals surface area contributed by atoms with Crippen molar-refractivity contribution in [2.45, 2.75) is 19.1 Å². The normalized spacial score (nSPS) is 18.8. The predicted octanol–water partition coefficient (Wildman–Crippen LogP) is 5.94. The van der Waals surface area contributed by atoms with Gasteiger partial charge in [0.05, 0.1) is 5.70 Å². The van der Waals surface area contributed by atoms with Crippen molar-refractivity contribution >= 4 is 23.2 Å². The van der Waals surface area contributed by atoms with E-state index in [4.69, 9.17) is 16.3 Å².